The van der Waals surface area contributed by atoms with Crippen LogP contribution in [-0.2, 0) is 0 Å². The zero-order valence-corrected chi connectivity index (χ0v) is 56.3. The van der Waals surface area contributed by atoms with E-state index in [0.717, 1.165) is 73.0 Å². The standard InChI is InChI=1S/C15H13N5O2.3C15H13N5O.C14H11N5O/c1-22-13-8-6-12(7-9-13)16-15(21)11-4-2-10(3-5-11)14-17-19-20-18-14;3*1-10-2-8-13(9-3-10)16-15(21)12-6-4-11(5-7-12)14-17-19-20-18-14;20-14(15-12-7-2-1-3-8-12)11-6-4-5-10(9-11)13-16-18-19-17-13/h2-9H,1H3,(H,16,21)(H,17,18,19,20);3*2-9H,1H3,(H,16,21)(H,17,18,19,20);1-9H,(H,15,20)(H,16,17,18,19). The topological polar surface area (TPSA) is 427 Å². The van der Waals surface area contributed by atoms with E-state index in [1.165, 1.54) is 0 Å². The van der Waals surface area contributed by atoms with Gasteiger partial charge in [0.05, 0.1) is 7.11 Å². The zero-order chi connectivity index (χ0) is 73.1. The zero-order valence-electron chi connectivity index (χ0n) is 56.3. The third kappa shape index (κ3) is 20.6. The fraction of sp³-hybridized carbons (Fsp3) is 0.0541. The van der Waals surface area contributed by atoms with Crippen molar-refractivity contribution in [1.29, 1.82) is 0 Å². The fourth-order valence-corrected chi connectivity index (χ4v) is 9.43. The van der Waals surface area contributed by atoms with E-state index in [9.17, 15) is 24.0 Å². The van der Waals surface area contributed by atoms with Gasteiger partial charge in [0.1, 0.15) is 5.75 Å². The summed E-state index contributed by atoms with van der Waals surface area (Å²) in [5.41, 5.74) is 13.9. The van der Waals surface area contributed by atoms with Crippen LogP contribution >= 0.6 is 0 Å². The summed E-state index contributed by atoms with van der Waals surface area (Å²) in [7, 11) is 1.60. The van der Waals surface area contributed by atoms with Gasteiger partial charge < -0.3 is 31.3 Å². The highest BCUT2D eigenvalue weighted by Gasteiger charge is 2.15. The number of carbonyl (C=O) groups excluding carboxylic acids is 5. The quantitative estimate of drug-likeness (QED) is 0.0429. The number of aromatic nitrogens is 20. The second-order valence-electron chi connectivity index (χ2n) is 22.5. The summed E-state index contributed by atoms with van der Waals surface area (Å²) < 4.78 is 5.08. The number of benzene rings is 10. The molecule has 520 valence electrons. The molecule has 0 bridgehead atoms. The molecule has 0 saturated carbocycles. The number of anilines is 5. The number of hydrogen-bond donors (Lipinski definition) is 10. The first-order chi connectivity index (χ1) is 51.2. The molecule has 0 aliphatic rings. The predicted octanol–water partition coefficient (Wildman–Crippen LogP) is 11.5. The number of aryl methyl sites for hydroxylation is 3. The van der Waals surface area contributed by atoms with Crippen molar-refractivity contribution in [3.63, 3.8) is 0 Å². The number of H-pyrrole nitrogens is 5. The van der Waals surface area contributed by atoms with Gasteiger partial charge in [0.25, 0.3) is 29.5 Å². The SMILES string of the molecule is COc1ccc(NC(=O)c2ccc(-c3nn[nH]n3)cc2)cc1.Cc1ccc(NC(=O)c2ccc(-c3nn[nH]n3)cc2)cc1.Cc1ccc(NC(=O)c2ccc(-c3nn[nH]n3)cc2)cc1.Cc1ccc(NC(=O)c2ccc(-c3nn[nH]n3)cc2)cc1.O=C(Nc1ccccc1)c1cccc(-c2nn[nH]n2)c1. The van der Waals surface area contributed by atoms with Crippen LogP contribution < -0.4 is 31.3 Å². The number of nitrogens with one attached hydrogen (secondary N) is 10. The summed E-state index contributed by atoms with van der Waals surface area (Å²) >= 11 is 0. The van der Waals surface area contributed by atoms with Crippen LogP contribution in [0.15, 0.2) is 249 Å². The van der Waals surface area contributed by atoms with Crippen molar-refractivity contribution >= 4 is 58.0 Å². The van der Waals surface area contributed by atoms with E-state index in [1.807, 2.05) is 130 Å². The number of aromatic amines is 5. The molecule has 10 N–H and O–H groups in total. The van der Waals surface area contributed by atoms with Gasteiger partial charge in [-0.15, -0.1) is 51.0 Å². The number of amides is 5. The molecule has 0 atom stereocenters. The lowest BCUT2D eigenvalue weighted by Gasteiger charge is -2.06. The maximum Gasteiger partial charge on any atom is 0.255 e. The lowest BCUT2D eigenvalue weighted by atomic mass is 10.1. The second kappa shape index (κ2) is 35.5. The Kier molecular flexibility index (Phi) is 24.0. The Morgan fingerprint density at radius 1 is 0.267 bits per heavy atom. The molecule has 15 rings (SSSR count). The number of nitrogens with zero attached hydrogens (tertiary/aromatic N) is 15. The van der Waals surface area contributed by atoms with Crippen molar-refractivity contribution in [2.24, 2.45) is 0 Å². The lowest BCUT2D eigenvalue weighted by Crippen LogP contribution is -2.11. The number of hydrogen-bond acceptors (Lipinski definition) is 21. The largest absolute Gasteiger partial charge is 0.497 e. The Balaban J connectivity index is 0.000000131. The van der Waals surface area contributed by atoms with Crippen LogP contribution in [-0.4, -0.2) is 140 Å². The predicted molar refractivity (Wildman–Crippen MR) is 391 cm³/mol. The molecule has 0 aliphatic carbocycles. The summed E-state index contributed by atoms with van der Waals surface area (Å²) in [6.45, 7) is 6.01. The van der Waals surface area contributed by atoms with Gasteiger partial charge in [0.15, 0.2) is 0 Å². The minimum atomic E-state index is -0.190. The first kappa shape index (κ1) is 71.0. The Bertz CT molecular complexity index is 4880. The van der Waals surface area contributed by atoms with Gasteiger partial charge in [-0.2, -0.15) is 26.1 Å². The van der Waals surface area contributed by atoms with Gasteiger partial charge in [-0.1, -0.05) is 132 Å². The molecule has 0 fully saturated rings. The minimum Gasteiger partial charge on any atom is -0.497 e. The minimum absolute atomic E-state index is 0.154. The molecule has 0 spiro atoms. The molecule has 0 saturated heterocycles. The molecule has 15 aromatic rings. The van der Waals surface area contributed by atoms with Crippen molar-refractivity contribution < 1.29 is 28.7 Å². The third-order valence-electron chi connectivity index (χ3n) is 15.0. The fourth-order valence-electron chi connectivity index (χ4n) is 9.43. The number of rotatable bonds is 16. The molecule has 10 aromatic carbocycles. The molecule has 5 amide bonds. The number of tetrazole rings is 5. The van der Waals surface area contributed by atoms with E-state index in [-0.39, 0.29) is 29.5 Å². The van der Waals surface area contributed by atoms with E-state index in [4.69, 9.17) is 4.74 Å². The smallest absolute Gasteiger partial charge is 0.255 e. The maximum absolute atomic E-state index is 12.2. The normalized spacial score (nSPS) is 10.3. The average molecular weight is 1400 g/mol. The molecule has 31 nitrogen and oxygen atoms in total. The molecular formula is C74H63N25O6. The van der Waals surface area contributed by atoms with Crippen molar-refractivity contribution in [3.05, 3.63) is 293 Å². The Hall–Kier alpha value is -15.3. The highest BCUT2D eigenvalue weighted by Crippen LogP contribution is 2.23. The van der Waals surface area contributed by atoms with Gasteiger partial charge >= 0.3 is 0 Å². The van der Waals surface area contributed by atoms with Gasteiger partial charge in [0.2, 0.25) is 29.1 Å². The number of para-hydroxylation sites is 1. The van der Waals surface area contributed by atoms with Crippen LogP contribution in [0, 0.1) is 20.8 Å². The van der Waals surface area contributed by atoms with Crippen LogP contribution in [0.4, 0.5) is 28.4 Å². The Morgan fingerprint density at radius 2 is 0.524 bits per heavy atom. The lowest BCUT2D eigenvalue weighted by molar-refractivity contribution is 0.101. The molecule has 0 radical (unpaired) electrons. The molecule has 5 aromatic heterocycles. The van der Waals surface area contributed by atoms with Crippen LogP contribution in [0.5, 0.6) is 5.75 Å². The monoisotopic (exact) mass is 1400 g/mol. The molecule has 31 heteroatoms. The van der Waals surface area contributed by atoms with Crippen molar-refractivity contribution in [3.8, 4) is 62.7 Å². The van der Waals surface area contributed by atoms with Crippen molar-refractivity contribution in [1.82, 2.24) is 103 Å². The molecular weight excluding hydrogens is 1330 g/mol. The Morgan fingerprint density at radius 3 is 0.790 bits per heavy atom. The first-order valence-corrected chi connectivity index (χ1v) is 31.9. The van der Waals surface area contributed by atoms with E-state index in [1.54, 1.807) is 147 Å². The van der Waals surface area contributed by atoms with Crippen LogP contribution in [0.3, 0.4) is 0 Å². The van der Waals surface area contributed by atoms with E-state index >= 15 is 0 Å². The van der Waals surface area contributed by atoms with Crippen LogP contribution in [0.1, 0.15) is 68.5 Å². The molecule has 0 unspecified atom stereocenters. The van der Waals surface area contributed by atoms with Gasteiger partial charge in [-0.25, -0.2) is 0 Å². The van der Waals surface area contributed by atoms with Crippen molar-refractivity contribution in [2.45, 2.75) is 20.8 Å². The number of methoxy groups -OCH3 is 1. The van der Waals surface area contributed by atoms with Gasteiger partial charge in [-0.3, -0.25) is 24.0 Å². The first-order valence-electron chi connectivity index (χ1n) is 31.9. The highest BCUT2D eigenvalue weighted by molar-refractivity contribution is 6.07. The molecule has 105 heavy (non-hydrogen) atoms. The summed E-state index contributed by atoms with van der Waals surface area (Å²) in [5.74, 6) is 2.35. The van der Waals surface area contributed by atoms with Crippen LogP contribution in [0.2, 0.25) is 0 Å². The third-order valence-corrected chi connectivity index (χ3v) is 15.0. The van der Waals surface area contributed by atoms with Crippen molar-refractivity contribution in [2.75, 3.05) is 33.7 Å². The molecule has 5 heterocycles. The summed E-state index contributed by atoms with van der Waals surface area (Å²) in [5, 5.41) is 82.6. The highest BCUT2D eigenvalue weighted by atomic mass is 16.5. The summed E-state index contributed by atoms with van der Waals surface area (Å²) in [6.07, 6.45) is 0. The van der Waals surface area contributed by atoms with E-state index in [0.29, 0.717) is 62.6 Å². The number of ether oxygens (including phenoxy) is 1. The molecule has 0 aliphatic heterocycles. The van der Waals surface area contributed by atoms with E-state index in [2.05, 4.69) is 130 Å². The Labute approximate surface area is 597 Å². The maximum atomic E-state index is 12.2. The van der Waals surface area contributed by atoms with Gasteiger partial charge in [0, 0.05) is 84.1 Å². The van der Waals surface area contributed by atoms with Crippen LogP contribution in [0.25, 0.3) is 56.9 Å². The summed E-state index contributed by atoms with van der Waals surface area (Å²) in [6, 6.07) is 74.6. The second-order valence-corrected chi connectivity index (χ2v) is 22.5. The average Bonchev–Trinajstić information content (AvgIpc) is 1.80. The number of carbonyl (C=O) groups is 5. The van der Waals surface area contributed by atoms with E-state index < -0.39 is 0 Å². The summed E-state index contributed by atoms with van der Waals surface area (Å²) in [4.78, 5) is 60.7. The van der Waals surface area contributed by atoms with Gasteiger partial charge in [-0.05, 0) is 180 Å².